The molecule has 0 saturated heterocycles. The molecular weight excluding hydrogens is 365 g/mol. The maximum atomic E-state index is 5.32. The Morgan fingerprint density at radius 1 is 1.20 bits per heavy atom. The van der Waals surface area contributed by atoms with Crippen molar-refractivity contribution in [3.05, 3.63) is 0 Å². The highest BCUT2D eigenvalue weighted by Crippen LogP contribution is 2.23. The zero-order chi connectivity index (χ0) is 13.9. The second-order valence-electron chi connectivity index (χ2n) is 5.50. The van der Waals surface area contributed by atoms with Gasteiger partial charge in [0.05, 0.1) is 0 Å². The third kappa shape index (κ3) is 9.00. The molecule has 1 aliphatic carbocycles. The van der Waals surface area contributed by atoms with Gasteiger partial charge >= 0.3 is 0 Å². The van der Waals surface area contributed by atoms with Gasteiger partial charge in [0.2, 0.25) is 0 Å². The van der Waals surface area contributed by atoms with Crippen molar-refractivity contribution >= 4 is 29.9 Å². The number of aliphatic imine (C=N–C) groups is 1. The first kappa shape index (κ1) is 20.0. The Bertz CT molecular complexity index is 254. The third-order valence-electron chi connectivity index (χ3n) is 3.79. The van der Waals surface area contributed by atoms with Crippen molar-refractivity contribution in [1.82, 2.24) is 10.6 Å². The number of unbranched alkanes of at least 4 members (excludes halogenated alkanes) is 1. The zero-order valence-electron chi connectivity index (χ0n) is 13.3. The van der Waals surface area contributed by atoms with E-state index in [0.29, 0.717) is 6.04 Å². The van der Waals surface area contributed by atoms with Crippen LogP contribution in [0.3, 0.4) is 0 Å². The van der Waals surface area contributed by atoms with Crippen LogP contribution < -0.4 is 10.6 Å². The summed E-state index contributed by atoms with van der Waals surface area (Å²) in [6.07, 6.45) is 7.45. The standard InChI is InChI=1S/C15H31N3O.HI/c1-4-19-12-6-5-11-17-15(16-3)18-14-9-7-13(2)8-10-14;/h13-14H,4-12H2,1-3H3,(H2,16,17,18);1H. The van der Waals surface area contributed by atoms with Gasteiger partial charge in [-0.3, -0.25) is 4.99 Å². The van der Waals surface area contributed by atoms with Crippen molar-refractivity contribution in [2.24, 2.45) is 10.9 Å². The Kier molecular flexibility index (Phi) is 12.7. The molecule has 0 radical (unpaired) electrons. The van der Waals surface area contributed by atoms with Crippen molar-refractivity contribution in [1.29, 1.82) is 0 Å². The highest BCUT2D eigenvalue weighted by atomic mass is 127. The maximum absolute atomic E-state index is 5.32. The second-order valence-corrected chi connectivity index (χ2v) is 5.50. The summed E-state index contributed by atoms with van der Waals surface area (Å²) in [5.74, 6) is 1.85. The van der Waals surface area contributed by atoms with E-state index in [1.54, 1.807) is 0 Å². The molecule has 0 atom stereocenters. The highest BCUT2D eigenvalue weighted by molar-refractivity contribution is 14.0. The van der Waals surface area contributed by atoms with E-state index >= 15 is 0 Å². The van der Waals surface area contributed by atoms with Gasteiger partial charge in [0, 0.05) is 32.8 Å². The molecule has 1 aliphatic rings. The van der Waals surface area contributed by atoms with Crippen LogP contribution in [0.2, 0.25) is 0 Å². The van der Waals surface area contributed by atoms with Gasteiger partial charge in [-0.1, -0.05) is 6.92 Å². The quantitative estimate of drug-likeness (QED) is 0.300. The van der Waals surface area contributed by atoms with Crippen LogP contribution >= 0.6 is 24.0 Å². The monoisotopic (exact) mass is 397 g/mol. The van der Waals surface area contributed by atoms with E-state index < -0.39 is 0 Å². The largest absolute Gasteiger partial charge is 0.382 e. The molecule has 4 nitrogen and oxygen atoms in total. The lowest BCUT2D eigenvalue weighted by atomic mass is 9.87. The van der Waals surface area contributed by atoms with Gasteiger partial charge in [0.15, 0.2) is 5.96 Å². The van der Waals surface area contributed by atoms with Crippen LogP contribution in [-0.4, -0.2) is 38.8 Å². The molecule has 2 N–H and O–H groups in total. The Morgan fingerprint density at radius 2 is 1.90 bits per heavy atom. The molecule has 0 aromatic carbocycles. The summed E-state index contributed by atoms with van der Waals surface area (Å²) < 4.78 is 5.32. The fourth-order valence-corrected chi connectivity index (χ4v) is 2.47. The SMILES string of the molecule is CCOCCCCNC(=NC)NC1CCC(C)CC1.I. The van der Waals surface area contributed by atoms with Crippen LogP contribution in [0.5, 0.6) is 0 Å². The molecule has 0 aromatic heterocycles. The summed E-state index contributed by atoms with van der Waals surface area (Å²) >= 11 is 0. The summed E-state index contributed by atoms with van der Waals surface area (Å²) in [7, 11) is 1.85. The third-order valence-corrected chi connectivity index (χ3v) is 3.79. The van der Waals surface area contributed by atoms with Gasteiger partial charge < -0.3 is 15.4 Å². The first-order chi connectivity index (χ1) is 9.26. The van der Waals surface area contributed by atoms with Crippen LogP contribution in [0.25, 0.3) is 0 Å². The van der Waals surface area contributed by atoms with Gasteiger partial charge in [-0.2, -0.15) is 0 Å². The molecule has 0 spiro atoms. The van der Waals surface area contributed by atoms with Crippen molar-refractivity contribution in [2.75, 3.05) is 26.8 Å². The van der Waals surface area contributed by atoms with Gasteiger partial charge in [-0.15, -0.1) is 24.0 Å². The Hall–Kier alpha value is -0.0400. The summed E-state index contributed by atoms with van der Waals surface area (Å²) in [4.78, 5) is 4.30. The molecule has 0 aliphatic heterocycles. The van der Waals surface area contributed by atoms with E-state index in [2.05, 4.69) is 22.5 Å². The lowest BCUT2D eigenvalue weighted by Crippen LogP contribution is -2.45. The number of rotatable bonds is 7. The fourth-order valence-electron chi connectivity index (χ4n) is 2.47. The molecule has 120 valence electrons. The summed E-state index contributed by atoms with van der Waals surface area (Å²) in [6, 6.07) is 0.603. The molecule has 0 bridgehead atoms. The number of hydrogen-bond donors (Lipinski definition) is 2. The average molecular weight is 397 g/mol. The summed E-state index contributed by atoms with van der Waals surface area (Å²) in [5, 5.41) is 6.92. The topological polar surface area (TPSA) is 45.6 Å². The first-order valence-electron chi connectivity index (χ1n) is 7.81. The minimum absolute atomic E-state index is 0. The number of halogens is 1. The van der Waals surface area contributed by atoms with Gasteiger partial charge in [0.25, 0.3) is 0 Å². The van der Waals surface area contributed by atoms with Crippen molar-refractivity contribution in [3.8, 4) is 0 Å². The molecule has 0 aromatic rings. The molecule has 5 heteroatoms. The second kappa shape index (κ2) is 12.7. The van der Waals surface area contributed by atoms with E-state index in [1.165, 1.54) is 25.7 Å². The Balaban J connectivity index is 0.00000361. The fraction of sp³-hybridized carbons (Fsp3) is 0.933. The van der Waals surface area contributed by atoms with E-state index in [0.717, 1.165) is 44.5 Å². The molecule has 1 rings (SSSR count). The van der Waals surface area contributed by atoms with Crippen LogP contribution in [-0.2, 0) is 4.74 Å². The lowest BCUT2D eigenvalue weighted by Gasteiger charge is -2.28. The van der Waals surface area contributed by atoms with E-state index in [1.807, 2.05) is 14.0 Å². The van der Waals surface area contributed by atoms with Crippen molar-refractivity contribution in [2.45, 2.75) is 58.4 Å². The number of nitrogens with zero attached hydrogens (tertiary/aromatic N) is 1. The molecule has 0 amide bonds. The Labute approximate surface area is 141 Å². The average Bonchev–Trinajstić information content (AvgIpc) is 2.43. The summed E-state index contributed by atoms with van der Waals surface area (Å²) in [5.41, 5.74) is 0. The van der Waals surface area contributed by atoms with E-state index in [4.69, 9.17) is 4.74 Å². The Morgan fingerprint density at radius 3 is 2.50 bits per heavy atom. The molecule has 0 unspecified atom stereocenters. The number of guanidine groups is 1. The minimum atomic E-state index is 0. The van der Waals surface area contributed by atoms with Gasteiger partial charge in [-0.25, -0.2) is 0 Å². The normalized spacial score (nSPS) is 23.1. The first-order valence-corrected chi connectivity index (χ1v) is 7.81. The lowest BCUT2D eigenvalue weighted by molar-refractivity contribution is 0.143. The van der Waals surface area contributed by atoms with Crippen LogP contribution in [0, 0.1) is 5.92 Å². The van der Waals surface area contributed by atoms with Crippen molar-refractivity contribution < 1.29 is 4.74 Å². The highest BCUT2D eigenvalue weighted by Gasteiger charge is 2.18. The summed E-state index contributed by atoms with van der Waals surface area (Å²) in [6.45, 7) is 7.04. The number of ether oxygens (including phenoxy) is 1. The smallest absolute Gasteiger partial charge is 0.191 e. The predicted octanol–water partition coefficient (Wildman–Crippen LogP) is 3.16. The molecule has 1 saturated carbocycles. The molecular formula is C15H32IN3O. The maximum Gasteiger partial charge on any atom is 0.191 e. The zero-order valence-corrected chi connectivity index (χ0v) is 15.6. The number of hydrogen-bond acceptors (Lipinski definition) is 2. The number of nitrogens with one attached hydrogen (secondary N) is 2. The van der Waals surface area contributed by atoms with Gasteiger partial charge in [-0.05, 0) is 51.4 Å². The predicted molar refractivity (Wildman–Crippen MR) is 97.1 cm³/mol. The molecule has 1 fully saturated rings. The van der Waals surface area contributed by atoms with Crippen molar-refractivity contribution in [3.63, 3.8) is 0 Å². The molecule has 20 heavy (non-hydrogen) atoms. The molecule has 0 heterocycles. The van der Waals surface area contributed by atoms with Crippen LogP contribution in [0.4, 0.5) is 0 Å². The van der Waals surface area contributed by atoms with E-state index in [9.17, 15) is 0 Å². The van der Waals surface area contributed by atoms with E-state index in [-0.39, 0.29) is 24.0 Å². The van der Waals surface area contributed by atoms with Gasteiger partial charge in [0.1, 0.15) is 0 Å². The van der Waals surface area contributed by atoms with Crippen LogP contribution in [0.1, 0.15) is 52.4 Å². The minimum Gasteiger partial charge on any atom is -0.382 e. The van der Waals surface area contributed by atoms with Crippen LogP contribution in [0.15, 0.2) is 4.99 Å².